The Morgan fingerprint density at radius 2 is 1.47 bits per heavy atom. The van der Waals surface area contributed by atoms with Crippen molar-refractivity contribution in [1.29, 1.82) is 0 Å². The van der Waals surface area contributed by atoms with E-state index >= 15 is 0 Å². The maximum absolute atomic E-state index is 13.2. The third-order valence-electron chi connectivity index (χ3n) is 6.67. The van der Waals surface area contributed by atoms with Gasteiger partial charge in [0.05, 0.1) is 5.56 Å². The molecule has 0 saturated carbocycles. The molecular formula is C27H33N3O2. The van der Waals surface area contributed by atoms with Gasteiger partial charge in [-0.3, -0.25) is 0 Å². The molecular weight excluding hydrogens is 398 g/mol. The molecule has 168 valence electrons. The molecule has 32 heavy (non-hydrogen) atoms. The van der Waals surface area contributed by atoms with Gasteiger partial charge in [0, 0.05) is 76.4 Å². The van der Waals surface area contributed by atoms with Crippen molar-refractivity contribution in [3.63, 3.8) is 0 Å². The van der Waals surface area contributed by atoms with Crippen molar-refractivity contribution in [2.24, 2.45) is 11.8 Å². The Morgan fingerprint density at radius 1 is 0.844 bits per heavy atom. The summed E-state index contributed by atoms with van der Waals surface area (Å²) in [6.45, 7) is 2.20. The van der Waals surface area contributed by atoms with Gasteiger partial charge in [0.1, 0.15) is 0 Å². The van der Waals surface area contributed by atoms with Gasteiger partial charge in [0.2, 0.25) is 0 Å². The molecule has 0 saturated heterocycles. The Hall–Kier alpha value is -3.21. The van der Waals surface area contributed by atoms with Crippen molar-refractivity contribution in [2.75, 3.05) is 52.1 Å². The number of likely N-dealkylation sites (N-methyl/N-ethyl adjacent to an activating group) is 1. The highest BCUT2D eigenvalue weighted by Gasteiger charge is 2.53. The van der Waals surface area contributed by atoms with E-state index in [0.717, 1.165) is 22.5 Å². The molecule has 2 aromatic carbocycles. The summed E-state index contributed by atoms with van der Waals surface area (Å²) in [5.41, 5.74) is 4.98. The zero-order valence-electron chi connectivity index (χ0n) is 20.1. The molecule has 0 aromatic heterocycles. The number of carbonyl (C=O) groups excluding carboxylic acids is 1. The van der Waals surface area contributed by atoms with Crippen LogP contribution in [0.15, 0.2) is 66.4 Å². The van der Waals surface area contributed by atoms with E-state index in [-0.39, 0.29) is 17.8 Å². The van der Waals surface area contributed by atoms with E-state index in [0.29, 0.717) is 5.56 Å². The third-order valence-corrected chi connectivity index (χ3v) is 6.67. The predicted molar refractivity (Wildman–Crippen MR) is 131 cm³/mol. The van der Waals surface area contributed by atoms with Crippen LogP contribution in [0.5, 0.6) is 0 Å². The Kier molecular flexibility index (Phi) is 5.53. The quantitative estimate of drug-likeness (QED) is 0.652. The topological polar surface area (TPSA) is 36.0 Å². The Labute approximate surface area is 191 Å². The fourth-order valence-corrected chi connectivity index (χ4v) is 4.83. The first kappa shape index (κ1) is 22.0. The molecule has 0 fully saturated rings. The molecule has 5 heteroatoms. The van der Waals surface area contributed by atoms with Crippen molar-refractivity contribution in [1.82, 2.24) is 4.90 Å². The maximum atomic E-state index is 13.2. The number of hydrogen-bond donors (Lipinski definition) is 0. The van der Waals surface area contributed by atoms with Crippen molar-refractivity contribution in [2.45, 2.75) is 12.5 Å². The molecule has 0 bridgehead atoms. The fourth-order valence-electron chi connectivity index (χ4n) is 4.83. The standard InChI is InChI=1S/C27H33N3O2/c1-18-16-21(29(4)5)12-14-24(18)27(19-8-10-20(11-9-19)28(2)3)25-15-13-22(30(6)7)17-23(25)26(31)32-27/h8-18,24H,1-7H3. The van der Waals surface area contributed by atoms with Gasteiger partial charge in [-0.2, -0.15) is 0 Å². The molecule has 4 rings (SSSR count). The van der Waals surface area contributed by atoms with Crippen LogP contribution in [-0.2, 0) is 10.3 Å². The van der Waals surface area contributed by atoms with Crippen LogP contribution in [-0.4, -0.2) is 53.2 Å². The molecule has 1 aliphatic heterocycles. The van der Waals surface area contributed by atoms with Crippen molar-refractivity contribution in [3.05, 3.63) is 83.1 Å². The van der Waals surface area contributed by atoms with Crippen LogP contribution in [0.25, 0.3) is 0 Å². The van der Waals surface area contributed by atoms with Gasteiger partial charge in [-0.1, -0.05) is 37.3 Å². The van der Waals surface area contributed by atoms with Gasteiger partial charge in [0.25, 0.3) is 0 Å². The number of ether oxygens (including phenoxy) is 1. The number of esters is 1. The van der Waals surface area contributed by atoms with Crippen LogP contribution in [0, 0.1) is 11.8 Å². The zero-order chi connectivity index (χ0) is 23.2. The van der Waals surface area contributed by atoms with E-state index in [1.807, 2.05) is 53.3 Å². The molecule has 0 N–H and O–H groups in total. The van der Waals surface area contributed by atoms with E-state index in [1.54, 1.807) is 0 Å². The first-order valence-electron chi connectivity index (χ1n) is 11.1. The van der Waals surface area contributed by atoms with Gasteiger partial charge in [0.15, 0.2) is 5.60 Å². The van der Waals surface area contributed by atoms with Crippen LogP contribution in [0.1, 0.15) is 28.4 Å². The average molecular weight is 432 g/mol. The Balaban J connectivity index is 1.91. The minimum absolute atomic E-state index is 0.0215. The van der Waals surface area contributed by atoms with E-state index < -0.39 is 5.60 Å². The van der Waals surface area contributed by atoms with E-state index in [4.69, 9.17) is 4.74 Å². The monoisotopic (exact) mass is 431 g/mol. The highest BCUT2D eigenvalue weighted by Crippen LogP contribution is 2.52. The molecule has 5 nitrogen and oxygen atoms in total. The number of rotatable bonds is 5. The normalized spacial score (nSPS) is 24.0. The highest BCUT2D eigenvalue weighted by atomic mass is 16.6. The SMILES string of the molecule is CC1C=C(N(C)C)C=CC1C1(c2ccc(N(C)C)cc2)OC(=O)c2cc(N(C)C)ccc21. The molecule has 0 spiro atoms. The zero-order valence-corrected chi connectivity index (χ0v) is 20.1. The number of anilines is 2. The number of hydrogen-bond acceptors (Lipinski definition) is 5. The van der Waals surface area contributed by atoms with Crippen LogP contribution in [0.2, 0.25) is 0 Å². The van der Waals surface area contributed by atoms with Gasteiger partial charge in [-0.25, -0.2) is 4.79 Å². The predicted octanol–water partition coefficient (Wildman–Crippen LogP) is 4.50. The lowest BCUT2D eigenvalue weighted by Crippen LogP contribution is -2.40. The molecule has 1 heterocycles. The average Bonchev–Trinajstić information content (AvgIpc) is 3.06. The summed E-state index contributed by atoms with van der Waals surface area (Å²) in [4.78, 5) is 19.4. The molecule has 2 aliphatic rings. The molecule has 3 unspecified atom stereocenters. The molecule has 1 aliphatic carbocycles. The van der Waals surface area contributed by atoms with Gasteiger partial charge < -0.3 is 19.4 Å². The first-order chi connectivity index (χ1) is 15.1. The van der Waals surface area contributed by atoms with Crippen LogP contribution < -0.4 is 9.80 Å². The highest BCUT2D eigenvalue weighted by molar-refractivity contribution is 5.96. The van der Waals surface area contributed by atoms with Gasteiger partial charge >= 0.3 is 5.97 Å². The molecule has 0 amide bonds. The second-order valence-corrected chi connectivity index (χ2v) is 9.42. The Bertz CT molecular complexity index is 1080. The minimum atomic E-state index is -0.869. The summed E-state index contributed by atoms with van der Waals surface area (Å²) >= 11 is 0. The number of fused-ring (bicyclic) bond motifs is 1. The van der Waals surface area contributed by atoms with Crippen LogP contribution in [0.3, 0.4) is 0 Å². The second kappa shape index (κ2) is 8.05. The van der Waals surface area contributed by atoms with Gasteiger partial charge in [-0.15, -0.1) is 0 Å². The summed E-state index contributed by atoms with van der Waals surface area (Å²) in [5, 5.41) is 0. The lowest BCUT2D eigenvalue weighted by molar-refractivity contribution is -0.0151. The summed E-state index contributed by atoms with van der Waals surface area (Å²) < 4.78 is 6.38. The smallest absolute Gasteiger partial charge is 0.339 e. The third kappa shape index (κ3) is 3.46. The number of nitrogens with zero attached hydrogens (tertiary/aromatic N) is 3. The van der Waals surface area contributed by atoms with E-state index in [9.17, 15) is 4.79 Å². The van der Waals surface area contributed by atoms with Gasteiger partial charge in [-0.05, 0) is 36.3 Å². The number of cyclic esters (lactones) is 1. The Morgan fingerprint density at radius 3 is 2.03 bits per heavy atom. The summed E-state index contributed by atoms with van der Waals surface area (Å²) in [6, 6.07) is 14.5. The lowest BCUT2D eigenvalue weighted by atomic mass is 9.69. The van der Waals surface area contributed by atoms with Crippen molar-refractivity contribution in [3.8, 4) is 0 Å². The summed E-state index contributed by atoms with van der Waals surface area (Å²) in [5.74, 6) is -0.103. The van der Waals surface area contributed by atoms with Crippen LogP contribution in [0.4, 0.5) is 11.4 Å². The number of carbonyl (C=O) groups is 1. The lowest BCUT2D eigenvalue weighted by Gasteiger charge is -2.40. The van der Waals surface area contributed by atoms with Crippen molar-refractivity contribution >= 4 is 17.3 Å². The van der Waals surface area contributed by atoms with E-state index in [1.165, 1.54) is 5.70 Å². The molecule has 0 radical (unpaired) electrons. The van der Waals surface area contributed by atoms with Crippen LogP contribution >= 0.6 is 0 Å². The molecule has 2 aromatic rings. The fraction of sp³-hybridized carbons (Fsp3) is 0.370. The molecule has 3 atom stereocenters. The largest absolute Gasteiger partial charge is 0.445 e. The summed E-state index contributed by atoms with van der Waals surface area (Å²) in [6.07, 6.45) is 6.61. The van der Waals surface area contributed by atoms with Crippen molar-refractivity contribution < 1.29 is 9.53 Å². The summed E-state index contributed by atoms with van der Waals surface area (Å²) in [7, 11) is 12.1. The number of benzene rings is 2. The number of allylic oxidation sites excluding steroid dienone is 2. The minimum Gasteiger partial charge on any atom is -0.445 e. The second-order valence-electron chi connectivity index (χ2n) is 9.42. The maximum Gasteiger partial charge on any atom is 0.339 e. The van der Waals surface area contributed by atoms with E-state index in [2.05, 4.69) is 71.3 Å². The first-order valence-corrected chi connectivity index (χ1v) is 11.1.